The van der Waals surface area contributed by atoms with Gasteiger partial charge < -0.3 is 4.90 Å². The first-order chi connectivity index (χ1) is 32.7. The molecule has 1 heteroatoms. The van der Waals surface area contributed by atoms with E-state index in [1.807, 2.05) is 0 Å². The highest BCUT2D eigenvalue weighted by Crippen LogP contribution is 2.57. The van der Waals surface area contributed by atoms with Crippen LogP contribution in [0.4, 0.5) is 17.1 Å². The van der Waals surface area contributed by atoms with Crippen LogP contribution in [0.3, 0.4) is 0 Å². The molecule has 310 valence electrons. The summed E-state index contributed by atoms with van der Waals surface area (Å²) in [5.41, 5.74) is 19.9. The Hall–Kier alpha value is -8.52. The van der Waals surface area contributed by atoms with Gasteiger partial charge in [0.2, 0.25) is 0 Å². The first kappa shape index (κ1) is 39.1. The van der Waals surface area contributed by atoms with Crippen molar-refractivity contribution in [2.24, 2.45) is 0 Å². The highest BCUT2D eigenvalue weighted by Gasteiger charge is 2.46. The molecule has 0 aliphatic heterocycles. The van der Waals surface area contributed by atoms with Crippen LogP contribution in [0, 0.1) is 0 Å². The van der Waals surface area contributed by atoms with Gasteiger partial charge in [0.25, 0.3) is 0 Å². The lowest BCUT2D eigenvalue weighted by atomic mass is 9.67. The summed E-state index contributed by atoms with van der Waals surface area (Å²) >= 11 is 0. The molecule has 12 rings (SSSR count). The predicted octanol–water partition coefficient (Wildman–Crippen LogP) is 17.3. The molecule has 0 spiro atoms. The van der Waals surface area contributed by atoms with Gasteiger partial charge in [-0.25, -0.2) is 0 Å². The monoisotopic (exact) mass is 839 g/mol. The molecule has 0 fully saturated rings. The molecule has 11 aromatic carbocycles. The van der Waals surface area contributed by atoms with Crippen molar-refractivity contribution in [2.75, 3.05) is 4.90 Å². The number of rotatable bonds is 9. The molecule has 0 amide bonds. The van der Waals surface area contributed by atoms with E-state index >= 15 is 0 Å². The van der Waals surface area contributed by atoms with E-state index in [9.17, 15) is 0 Å². The third-order valence-electron chi connectivity index (χ3n) is 13.5. The fraction of sp³-hybridized carbons (Fsp3) is 0.0154. The second-order valence-corrected chi connectivity index (χ2v) is 17.2. The summed E-state index contributed by atoms with van der Waals surface area (Å²) in [5, 5.41) is 2.51. The number of nitrogens with zero attached hydrogens (tertiary/aromatic N) is 1. The van der Waals surface area contributed by atoms with Crippen molar-refractivity contribution in [2.45, 2.75) is 5.41 Å². The van der Waals surface area contributed by atoms with E-state index in [1.54, 1.807) is 0 Å². The van der Waals surface area contributed by atoms with Gasteiger partial charge in [0, 0.05) is 16.9 Å². The summed E-state index contributed by atoms with van der Waals surface area (Å²) in [5.74, 6) is 0. The molecule has 0 saturated heterocycles. The normalized spacial score (nSPS) is 12.4. The van der Waals surface area contributed by atoms with Gasteiger partial charge in [0.15, 0.2) is 0 Å². The van der Waals surface area contributed by atoms with Gasteiger partial charge in [-0.05, 0) is 126 Å². The molecule has 66 heavy (non-hydrogen) atoms. The SMILES string of the molecule is c1ccc(-c2cccc(-c3ccccc3N(c3ccc(-c4cccc(-c5cccc6ccccc56)c4)cc3)c3ccc4c(c3)C(c3ccccc3)(c3ccccc3)c3ccccc3-4)c2)cc1. The number of fused-ring (bicyclic) bond motifs is 4. The van der Waals surface area contributed by atoms with Crippen molar-refractivity contribution < 1.29 is 0 Å². The molecule has 0 heterocycles. The average Bonchev–Trinajstić information content (AvgIpc) is 3.70. The Morgan fingerprint density at radius 3 is 1.44 bits per heavy atom. The summed E-state index contributed by atoms with van der Waals surface area (Å²) in [6, 6.07) is 100. The van der Waals surface area contributed by atoms with E-state index in [0.29, 0.717) is 0 Å². The highest BCUT2D eigenvalue weighted by atomic mass is 15.1. The standard InChI is InChI=1S/C65H45N/c1-4-19-46(20-5-1)49-23-17-26-52(44-49)59-32-13-15-36-64(59)66(55-39-37-47(38-40-55)50-24-16-25-51(43-50)58-34-18-22-48-21-10-11-31-57(48)58)56-41-42-61-60-33-12-14-35-62(60)65(63(61)45-56,53-27-6-2-7-28-53)54-29-8-3-9-30-54/h1-45H. The topological polar surface area (TPSA) is 3.24 Å². The van der Waals surface area contributed by atoms with Crippen LogP contribution >= 0.6 is 0 Å². The Labute approximate surface area is 387 Å². The van der Waals surface area contributed by atoms with Gasteiger partial charge in [-0.3, -0.25) is 0 Å². The van der Waals surface area contributed by atoms with Crippen molar-refractivity contribution in [1.29, 1.82) is 0 Å². The third kappa shape index (κ3) is 6.64. The quantitative estimate of drug-likeness (QED) is 0.140. The maximum Gasteiger partial charge on any atom is 0.0714 e. The lowest BCUT2D eigenvalue weighted by Crippen LogP contribution is -2.28. The Bertz CT molecular complexity index is 3470. The number of benzene rings is 11. The van der Waals surface area contributed by atoms with Gasteiger partial charge in [0.1, 0.15) is 0 Å². The van der Waals surface area contributed by atoms with Crippen LogP contribution in [-0.2, 0) is 5.41 Å². The lowest BCUT2D eigenvalue weighted by Gasteiger charge is -2.35. The van der Waals surface area contributed by atoms with Gasteiger partial charge >= 0.3 is 0 Å². The van der Waals surface area contributed by atoms with Crippen LogP contribution < -0.4 is 4.90 Å². The minimum atomic E-state index is -0.529. The Kier molecular flexibility index (Phi) is 9.81. The van der Waals surface area contributed by atoms with Crippen LogP contribution in [0.25, 0.3) is 66.4 Å². The van der Waals surface area contributed by atoms with Crippen LogP contribution in [0.5, 0.6) is 0 Å². The molecule has 11 aromatic rings. The lowest BCUT2D eigenvalue weighted by molar-refractivity contribution is 0.768. The Morgan fingerprint density at radius 1 is 0.258 bits per heavy atom. The molecule has 0 aromatic heterocycles. The summed E-state index contributed by atoms with van der Waals surface area (Å²) in [6.07, 6.45) is 0. The predicted molar refractivity (Wildman–Crippen MR) is 278 cm³/mol. The van der Waals surface area contributed by atoms with Crippen molar-refractivity contribution >= 4 is 27.8 Å². The van der Waals surface area contributed by atoms with E-state index < -0.39 is 5.41 Å². The van der Waals surface area contributed by atoms with E-state index in [-0.39, 0.29) is 0 Å². The van der Waals surface area contributed by atoms with Crippen molar-refractivity contribution in [1.82, 2.24) is 0 Å². The van der Waals surface area contributed by atoms with Crippen molar-refractivity contribution in [3.8, 4) is 55.6 Å². The molecular weight excluding hydrogens is 795 g/mol. The van der Waals surface area contributed by atoms with E-state index in [0.717, 1.165) is 28.2 Å². The zero-order valence-corrected chi connectivity index (χ0v) is 36.4. The van der Waals surface area contributed by atoms with E-state index in [2.05, 4.69) is 278 Å². The van der Waals surface area contributed by atoms with Gasteiger partial charge in [-0.15, -0.1) is 0 Å². The fourth-order valence-electron chi connectivity index (χ4n) is 10.6. The van der Waals surface area contributed by atoms with Crippen LogP contribution in [-0.4, -0.2) is 0 Å². The maximum absolute atomic E-state index is 2.47. The number of hydrogen-bond donors (Lipinski definition) is 0. The minimum Gasteiger partial charge on any atom is -0.310 e. The first-order valence-electron chi connectivity index (χ1n) is 22.8. The fourth-order valence-corrected chi connectivity index (χ4v) is 10.6. The van der Waals surface area contributed by atoms with Crippen LogP contribution in [0.15, 0.2) is 273 Å². The molecular formula is C65H45N. The summed E-state index contributed by atoms with van der Waals surface area (Å²) < 4.78 is 0. The molecule has 0 bridgehead atoms. The molecule has 1 nitrogen and oxygen atoms in total. The molecule has 0 saturated carbocycles. The molecule has 1 aliphatic rings. The second-order valence-electron chi connectivity index (χ2n) is 17.2. The zero-order valence-electron chi connectivity index (χ0n) is 36.4. The molecule has 0 unspecified atom stereocenters. The van der Waals surface area contributed by atoms with E-state index in [1.165, 1.54) is 77.5 Å². The summed E-state index contributed by atoms with van der Waals surface area (Å²) in [6.45, 7) is 0. The first-order valence-corrected chi connectivity index (χ1v) is 22.8. The second kappa shape index (κ2) is 16.6. The Balaban J connectivity index is 1.05. The third-order valence-corrected chi connectivity index (χ3v) is 13.5. The van der Waals surface area contributed by atoms with Crippen molar-refractivity contribution in [3.05, 3.63) is 295 Å². The Morgan fingerprint density at radius 2 is 0.727 bits per heavy atom. The average molecular weight is 840 g/mol. The molecule has 0 N–H and O–H groups in total. The van der Waals surface area contributed by atoms with Gasteiger partial charge in [-0.2, -0.15) is 0 Å². The van der Waals surface area contributed by atoms with Crippen molar-refractivity contribution in [3.63, 3.8) is 0 Å². The van der Waals surface area contributed by atoms with Crippen LogP contribution in [0.2, 0.25) is 0 Å². The largest absolute Gasteiger partial charge is 0.310 e. The molecule has 0 radical (unpaired) electrons. The summed E-state index contributed by atoms with van der Waals surface area (Å²) in [7, 11) is 0. The number of para-hydroxylation sites is 1. The molecule has 1 aliphatic carbocycles. The summed E-state index contributed by atoms with van der Waals surface area (Å²) in [4.78, 5) is 2.46. The van der Waals surface area contributed by atoms with Gasteiger partial charge in [0.05, 0.1) is 11.1 Å². The molecule has 0 atom stereocenters. The maximum atomic E-state index is 2.47. The number of anilines is 3. The number of hydrogen-bond acceptors (Lipinski definition) is 1. The van der Waals surface area contributed by atoms with Crippen LogP contribution in [0.1, 0.15) is 22.3 Å². The van der Waals surface area contributed by atoms with E-state index in [4.69, 9.17) is 0 Å². The zero-order chi connectivity index (χ0) is 43.9. The minimum absolute atomic E-state index is 0.529. The highest BCUT2D eigenvalue weighted by molar-refractivity contribution is 5.98. The smallest absolute Gasteiger partial charge is 0.0714 e. The van der Waals surface area contributed by atoms with Gasteiger partial charge in [-0.1, -0.05) is 231 Å².